The molecule has 0 fully saturated rings. The van der Waals surface area contributed by atoms with Gasteiger partial charge >= 0.3 is 0 Å². The molecular formula is C7H14N10O. The largest absolute Gasteiger partial charge is 0.407 e. The topological polar surface area (TPSA) is 215 Å². The molecule has 12 N–H and O–H groups in total. The normalized spacial score (nSPS) is 13.2. The third-order valence-electron chi connectivity index (χ3n) is 2.17. The summed E-state index contributed by atoms with van der Waals surface area (Å²) < 4.78 is 0. The molecule has 0 amide bonds. The first kappa shape index (κ1) is 13.2. The molecule has 1 aromatic carbocycles. The Kier molecular flexibility index (Phi) is 4.04. The molecule has 0 aliphatic carbocycles. The van der Waals surface area contributed by atoms with Crippen molar-refractivity contribution in [2.75, 3.05) is 17.2 Å². The van der Waals surface area contributed by atoms with Crippen LogP contribution in [0.1, 0.15) is 11.7 Å². The van der Waals surface area contributed by atoms with Crippen molar-refractivity contribution < 1.29 is 4.84 Å². The highest BCUT2D eigenvalue weighted by atomic mass is 16.6. The van der Waals surface area contributed by atoms with Gasteiger partial charge in [-0.1, -0.05) is 10.4 Å². The zero-order chi connectivity index (χ0) is 13.7. The molecule has 0 radical (unpaired) electrons. The number of hydrogen-bond donors (Lipinski definition) is 6. The molecule has 0 aliphatic rings. The zero-order valence-electron chi connectivity index (χ0n) is 9.32. The fraction of sp³-hybridized carbons (Fsp3) is 0.143. The standard InChI is InChI=1S/C7H14N10O/c8-3-1-2(7(14-16-11)15-17-12)4(9)5(10)6(3)18-13/h1,7H,8-10,13H2,(H2,11,14)(H2,12,15). The second kappa shape index (κ2) is 5.49. The molecule has 11 nitrogen and oxygen atoms in total. The van der Waals surface area contributed by atoms with Crippen LogP contribution in [0.15, 0.2) is 26.7 Å². The first-order valence-corrected chi connectivity index (χ1v) is 4.60. The van der Waals surface area contributed by atoms with Gasteiger partial charge in [0, 0.05) is 5.56 Å². The summed E-state index contributed by atoms with van der Waals surface area (Å²) >= 11 is 0. The highest BCUT2D eigenvalue weighted by molar-refractivity contribution is 5.82. The molecule has 0 atom stereocenters. The van der Waals surface area contributed by atoms with Gasteiger partial charge in [-0.2, -0.15) is 5.90 Å². The van der Waals surface area contributed by atoms with Gasteiger partial charge in [0.25, 0.3) is 0 Å². The molecule has 0 bridgehead atoms. The van der Waals surface area contributed by atoms with Gasteiger partial charge in [-0.15, -0.1) is 10.2 Å². The predicted molar refractivity (Wildman–Crippen MR) is 65.3 cm³/mol. The summed E-state index contributed by atoms with van der Waals surface area (Å²) in [6.07, 6.45) is -0.948. The minimum atomic E-state index is -0.948. The van der Waals surface area contributed by atoms with Crippen molar-refractivity contribution in [3.05, 3.63) is 11.6 Å². The molecule has 0 saturated carbocycles. The molecular weight excluding hydrogens is 240 g/mol. The van der Waals surface area contributed by atoms with E-state index in [1.54, 1.807) is 0 Å². The van der Waals surface area contributed by atoms with Gasteiger partial charge in [0.15, 0.2) is 5.75 Å². The summed E-state index contributed by atoms with van der Waals surface area (Å²) in [7, 11) is 0. The fourth-order valence-corrected chi connectivity index (χ4v) is 1.36. The average molecular weight is 254 g/mol. The molecule has 98 valence electrons. The molecule has 1 rings (SSSR count). The summed E-state index contributed by atoms with van der Waals surface area (Å²) in [5, 5.41) is 13.4. The van der Waals surface area contributed by atoms with Crippen LogP contribution in [-0.2, 0) is 0 Å². The van der Waals surface area contributed by atoms with Crippen LogP contribution in [-0.4, -0.2) is 0 Å². The highest BCUT2D eigenvalue weighted by Crippen LogP contribution is 2.39. The molecule has 0 aromatic heterocycles. The van der Waals surface area contributed by atoms with E-state index in [1.807, 2.05) is 0 Å². The van der Waals surface area contributed by atoms with E-state index in [1.165, 1.54) is 6.07 Å². The Morgan fingerprint density at radius 1 is 1.00 bits per heavy atom. The fourth-order valence-electron chi connectivity index (χ4n) is 1.36. The molecule has 0 aliphatic heterocycles. The van der Waals surface area contributed by atoms with Crippen molar-refractivity contribution in [1.29, 1.82) is 0 Å². The number of nitrogen functional groups attached to an aromatic ring is 3. The first-order valence-electron chi connectivity index (χ1n) is 4.60. The average Bonchev–Trinajstić information content (AvgIpc) is 2.34. The van der Waals surface area contributed by atoms with Crippen molar-refractivity contribution in [3.63, 3.8) is 0 Å². The van der Waals surface area contributed by atoms with Crippen LogP contribution in [0.4, 0.5) is 17.1 Å². The van der Waals surface area contributed by atoms with Crippen molar-refractivity contribution in [2.45, 2.75) is 6.17 Å². The van der Waals surface area contributed by atoms with Gasteiger partial charge in [0.2, 0.25) is 6.17 Å². The first-order chi connectivity index (χ1) is 8.56. The molecule has 1 aromatic rings. The Morgan fingerprint density at radius 2 is 1.56 bits per heavy atom. The SMILES string of the molecule is NN=NC(N=NN)c1cc(N)c(ON)c(N)c1N. The van der Waals surface area contributed by atoms with Crippen LogP contribution in [0.25, 0.3) is 0 Å². The Hall–Kier alpha value is -2.82. The quantitative estimate of drug-likeness (QED) is 0.176. The number of benzene rings is 1. The van der Waals surface area contributed by atoms with Crippen LogP contribution in [0, 0.1) is 0 Å². The van der Waals surface area contributed by atoms with Crippen LogP contribution >= 0.6 is 0 Å². The number of rotatable bonds is 4. The van der Waals surface area contributed by atoms with Crippen LogP contribution in [0.3, 0.4) is 0 Å². The highest BCUT2D eigenvalue weighted by Gasteiger charge is 2.20. The lowest BCUT2D eigenvalue weighted by atomic mass is 10.1. The van der Waals surface area contributed by atoms with Crippen molar-refractivity contribution in [1.82, 2.24) is 0 Å². The van der Waals surface area contributed by atoms with E-state index < -0.39 is 6.17 Å². The van der Waals surface area contributed by atoms with E-state index >= 15 is 0 Å². The molecule has 0 heterocycles. The summed E-state index contributed by atoms with van der Waals surface area (Å²) in [6, 6.07) is 1.42. The van der Waals surface area contributed by atoms with Gasteiger partial charge < -0.3 is 33.7 Å². The lowest BCUT2D eigenvalue weighted by Crippen LogP contribution is -2.11. The zero-order valence-corrected chi connectivity index (χ0v) is 9.32. The number of nitrogens with zero attached hydrogens (tertiary/aromatic N) is 4. The van der Waals surface area contributed by atoms with E-state index in [2.05, 4.69) is 25.5 Å². The van der Waals surface area contributed by atoms with Crippen LogP contribution in [0.2, 0.25) is 0 Å². The third kappa shape index (κ3) is 2.30. The van der Waals surface area contributed by atoms with E-state index in [0.29, 0.717) is 5.56 Å². The second-order valence-corrected chi connectivity index (χ2v) is 3.16. The Morgan fingerprint density at radius 3 is 2.00 bits per heavy atom. The van der Waals surface area contributed by atoms with Gasteiger partial charge in [-0.05, 0) is 6.07 Å². The minimum Gasteiger partial charge on any atom is -0.407 e. The van der Waals surface area contributed by atoms with Gasteiger partial charge in [-0.3, -0.25) is 0 Å². The maximum Gasteiger partial charge on any atom is 0.212 e. The molecule has 0 unspecified atom stereocenters. The summed E-state index contributed by atoms with van der Waals surface area (Å²) in [6.45, 7) is 0. The number of nitrogens with two attached hydrogens (primary N) is 6. The molecule has 0 saturated heterocycles. The maximum atomic E-state index is 5.79. The van der Waals surface area contributed by atoms with Gasteiger partial charge in [0.1, 0.15) is 5.69 Å². The summed E-state index contributed by atoms with van der Waals surface area (Å²) in [4.78, 5) is 4.52. The van der Waals surface area contributed by atoms with Crippen molar-refractivity contribution in [3.8, 4) is 5.75 Å². The third-order valence-corrected chi connectivity index (χ3v) is 2.17. The predicted octanol–water partition coefficient (Wildman–Crippen LogP) is -0.664. The lowest BCUT2D eigenvalue weighted by molar-refractivity contribution is 0.338. The maximum absolute atomic E-state index is 5.79. The number of hydrogen-bond acceptors (Lipinski definition) is 9. The van der Waals surface area contributed by atoms with E-state index in [0.717, 1.165) is 0 Å². The lowest BCUT2D eigenvalue weighted by Gasteiger charge is -2.15. The Labute approximate surface area is 102 Å². The van der Waals surface area contributed by atoms with Gasteiger partial charge in [0.05, 0.1) is 11.4 Å². The van der Waals surface area contributed by atoms with Crippen molar-refractivity contribution in [2.24, 2.45) is 38.3 Å². The van der Waals surface area contributed by atoms with E-state index in [9.17, 15) is 0 Å². The smallest absolute Gasteiger partial charge is 0.212 e. The van der Waals surface area contributed by atoms with E-state index in [4.69, 9.17) is 34.8 Å². The van der Waals surface area contributed by atoms with Crippen LogP contribution in [0.5, 0.6) is 5.75 Å². The second-order valence-electron chi connectivity index (χ2n) is 3.16. The van der Waals surface area contributed by atoms with Gasteiger partial charge in [-0.25, -0.2) is 0 Å². The van der Waals surface area contributed by atoms with Crippen molar-refractivity contribution >= 4 is 17.1 Å². The minimum absolute atomic E-state index is 0.0527. The molecule has 18 heavy (non-hydrogen) atoms. The van der Waals surface area contributed by atoms with E-state index in [-0.39, 0.29) is 22.8 Å². The Bertz CT molecular complexity index is 472. The molecule has 11 heteroatoms. The summed E-state index contributed by atoms with van der Waals surface area (Å²) in [5.41, 5.74) is 17.8. The number of anilines is 3. The monoisotopic (exact) mass is 254 g/mol. The summed E-state index contributed by atoms with van der Waals surface area (Å²) in [5.74, 6) is 15.0. The molecule has 0 spiro atoms. The Balaban J connectivity index is 3.41. The van der Waals surface area contributed by atoms with Crippen LogP contribution < -0.4 is 39.6 Å².